The average molecular weight is 251 g/mol. The highest BCUT2D eigenvalue weighted by Crippen LogP contribution is 2.29. The molecular formula is C11H13N3O2S. The van der Waals surface area contributed by atoms with Crippen LogP contribution in [-0.4, -0.2) is 30.6 Å². The molecule has 5 nitrogen and oxygen atoms in total. The summed E-state index contributed by atoms with van der Waals surface area (Å²) in [7, 11) is 5.05. The van der Waals surface area contributed by atoms with Crippen molar-refractivity contribution in [1.82, 2.24) is 9.36 Å². The van der Waals surface area contributed by atoms with Gasteiger partial charge in [0.2, 0.25) is 5.13 Å². The molecule has 1 aromatic heterocycles. The molecule has 0 aliphatic carbocycles. The van der Waals surface area contributed by atoms with Gasteiger partial charge in [-0.3, -0.25) is 0 Å². The Kier molecular flexibility index (Phi) is 3.43. The number of nitrogens with one attached hydrogen (secondary N) is 1. The molecule has 0 spiro atoms. The minimum atomic E-state index is 0.663. The van der Waals surface area contributed by atoms with Gasteiger partial charge >= 0.3 is 0 Å². The molecule has 0 fully saturated rings. The highest BCUT2D eigenvalue weighted by molar-refractivity contribution is 7.09. The predicted molar refractivity (Wildman–Crippen MR) is 68.0 cm³/mol. The quantitative estimate of drug-likeness (QED) is 0.903. The van der Waals surface area contributed by atoms with Crippen LogP contribution in [0.1, 0.15) is 0 Å². The van der Waals surface area contributed by atoms with Gasteiger partial charge in [-0.15, -0.1) is 0 Å². The van der Waals surface area contributed by atoms with E-state index in [1.807, 2.05) is 25.2 Å². The van der Waals surface area contributed by atoms with E-state index in [4.69, 9.17) is 9.47 Å². The third-order valence-corrected chi connectivity index (χ3v) is 2.98. The molecule has 2 rings (SSSR count). The lowest BCUT2D eigenvalue weighted by Crippen LogP contribution is -1.90. The van der Waals surface area contributed by atoms with Crippen molar-refractivity contribution >= 4 is 16.7 Å². The van der Waals surface area contributed by atoms with Crippen LogP contribution in [0.15, 0.2) is 18.2 Å². The molecular weight excluding hydrogens is 238 g/mol. The number of ether oxygens (including phenoxy) is 2. The van der Waals surface area contributed by atoms with Crippen LogP contribution in [0, 0.1) is 0 Å². The Hall–Kier alpha value is -1.82. The summed E-state index contributed by atoms with van der Waals surface area (Å²) in [4.78, 5) is 4.33. The number of rotatable bonds is 4. The number of aromatic nitrogens is 2. The molecule has 1 heterocycles. The van der Waals surface area contributed by atoms with Gasteiger partial charge in [0, 0.05) is 30.2 Å². The maximum atomic E-state index is 5.20. The van der Waals surface area contributed by atoms with Gasteiger partial charge in [-0.2, -0.15) is 9.36 Å². The van der Waals surface area contributed by atoms with E-state index in [9.17, 15) is 0 Å². The minimum Gasteiger partial charge on any atom is -0.497 e. The first-order valence-electron chi connectivity index (χ1n) is 5.01. The van der Waals surface area contributed by atoms with Gasteiger partial charge in [0.25, 0.3) is 0 Å². The molecule has 0 atom stereocenters. The summed E-state index contributed by atoms with van der Waals surface area (Å²) >= 11 is 1.32. The van der Waals surface area contributed by atoms with E-state index in [2.05, 4.69) is 14.7 Å². The van der Waals surface area contributed by atoms with E-state index in [0.717, 1.165) is 22.2 Å². The van der Waals surface area contributed by atoms with Crippen LogP contribution in [0.4, 0.5) is 5.13 Å². The number of hydrogen-bond acceptors (Lipinski definition) is 6. The molecule has 0 saturated heterocycles. The van der Waals surface area contributed by atoms with E-state index < -0.39 is 0 Å². The molecule has 1 aromatic carbocycles. The van der Waals surface area contributed by atoms with Gasteiger partial charge in [0.15, 0.2) is 5.82 Å². The SMILES string of the molecule is CNc1nc(-c2cc(OC)cc(OC)c2)ns1. The van der Waals surface area contributed by atoms with Crippen molar-refractivity contribution in [3.8, 4) is 22.9 Å². The lowest BCUT2D eigenvalue weighted by atomic mass is 10.2. The molecule has 0 aliphatic rings. The lowest BCUT2D eigenvalue weighted by molar-refractivity contribution is 0.394. The van der Waals surface area contributed by atoms with Crippen molar-refractivity contribution in [1.29, 1.82) is 0 Å². The summed E-state index contributed by atoms with van der Waals surface area (Å²) < 4.78 is 14.7. The van der Waals surface area contributed by atoms with Crippen LogP contribution in [-0.2, 0) is 0 Å². The van der Waals surface area contributed by atoms with Crippen molar-refractivity contribution in [2.24, 2.45) is 0 Å². The molecule has 2 aromatic rings. The maximum absolute atomic E-state index is 5.20. The first kappa shape index (κ1) is 11.7. The van der Waals surface area contributed by atoms with Crippen molar-refractivity contribution in [2.45, 2.75) is 0 Å². The summed E-state index contributed by atoms with van der Waals surface area (Å²) in [5.41, 5.74) is 0.874. The maximum Gasteiger partial charge on any atom is 0.202 e. The van der Waals surface area contributed by atoms with E-state index in [0.29, 0.717) is 5.82 Å². The topological polar surface area (TPSA) is 56.3 Å². The molecule has 0 amide bonds. The number of benzene rings is 1. The van der Waals surface area contributed by atoms with Crippen LogP contribution in [0.25, 0.3) is 11.4 Å². The molecule has 0 unspecified atom stereocenters. The minimum absolute atomic E-state index is 0.663. The molecule has 6 heteroatoms. The van der Waals surface area contributed by atoms with Gasteiger partial charge in [-0.05, 0) is 12.1 Å². The molecule has 0 aliphatic heterocycles. The zero-order valence-corrected chi connectivity index (χ0v) is 10.7. The van der Waals surface area contributed by atoms with Gasteiger partial charge in [0.05, 0.1) is 14.2 Å². The largest absolute Gasteiger partial charge is 0.497 e. The smallest absolute Gasteiger partial charge is 0.202 e. The molecule has 17 heavy (non-hydrogen) atoms. The Labute approximate surface area is 104 Å². The summed E-state index contributed by atoms with van der Waals surface area (Å²) in [6.07, 6.45) is 0. The number of nitrogens with zero attached hydrogens (tertiary/aromatic N) is 2. The van der Waals surface area contributed by atoms with Crippen LogP contribution < -0.4 is 14.8 Å². The fraction of sp³-hybridized carbons (Fsp3) is 0.273. The van der Waals surface area contributed by atoms with Crippen molar-refractivity contribution in [2.75, 3.05) is 26.6 Å². The van der Waals surface area contributed by atoms with E-state index in [-0.39, 0.29) is 0 Å². The number of methoxy groups -OCH3 is 2. The van der Waals surface area contributed by atoms with Gasteiger partial charge < -0.3 is 14.8 Å². The Morgan fingerprint density at radius 1 is 1.12 bits per heavy atom. The Morgan fingerprint density at radius 3 is 2.24 bits per heavy atom. The van der Waals surface area contributed by atoms with Gasteiger partial charge in [-0.1, -0.05) is 0 Å². The van der Waals surface area contributed by atoms with Crippen molar-refractivity contribution < 1.29 is 9.47 Å². The summed E-state index contributed by atoms with van der Waals surface area (Å²) in [5, 5.41) is 3.74. The predicted octanol–water partition coefficient (Wildman–Crippen LogP) is 2.26. The fourth-order valence-electron chi connectivity index (χ4n) is 1.38. The van der Waals surface area contributed by atoms with Crippen LogP contribution in [0.3, 0.4) is 0 Å². The third-order valence-electron chi connectivity index (χ3n) is 2.25. The molecule has 90 valence electrons. The standard InChI is InChI=1S/C11H13N3O2S/c1-12-11-13-10(14-17-11)7-4-8(15-2)6-9(5-7)16-3/h4-6H,1-3H3,(H,12,13,14). The highest BCUT2D eigenvalue weighted by Gasteiger charge is 2.09. The fourth-order valence-corrected chi connectivity index (χ4v) is 1.92. The van der Waals surface area contributed by atoms with Crippen molar-refractivity contribution in [3.05, 3.63) is 18.2 Å². The number of hydrogen-bond donors (Lipinski definition) is 1. The average Bonchev–Trinajstić information content (AvgIpc) is 2.86. The first-order valence-corrected chi connectivity index (χ1v) is 5.79. The van der Waals surface area contributed by atoms with Gasteiger partial charge in [0.1, 0.15) is 11.5 Å². The Bertz CT molecular complexity index is 491. The van der Waals surface area contributed by atoms with E-state index in [1.165, 1.54) is 11.5 Å². The van der Waals surface area contributed by atoms with E-state index in [1.54, 1.807) is 14.2 Å². The Morgan fingerprint density at radius 2 is 1.76 bits per heavy atom. The lowest BCUT2D eigenvalue weighted by Gasteiger charge is -2.06. The van der Waals surface area contributed by atoms with E-state index >= 15 is 0 Å². The van der Waals surface area contributed by atoms with Crippen molar-refractivity contribution in [3.63, 3.8) is 0 Å². The molecule has 0 bridgehead atoms. The monoisotopic (exact) mass is 251 g/mol. The van der Waals surface area contributed by atoms with Gasteiger partial charge in [-0.25, -0.2) is 0 Å². The number of anilines is 1. The zero-order chi connectivity index (χ0) is 12.3. The molecule has 0 radical (unpaired) electrons. The second-order valence-electron chi connectivity index (χ2n) is 3.27. The summed E-state index contributed by atoms with van der Waals surface area (Å²) in [6.45, 7) is 0. The highest BCUT2D eigenvalue weighted by atomic mass is 32.1. The van der Waals surface area contributed by atoms with Crippen LogP contribution >= 0.6 is 11.5 Å². The zero-order valence-electron chi connectivity index (χ0n) is 9.85. The first-order chi connectivity index (χ1) is 8.26. The molecule has 0 saturated carbocycles. The summed E-state index contributed by atoms with van der Waals surface area (Å²) in [6, 6.07) is 5.57. The van der Waals surface area contributed by atoms with Crippen LogP contribution in [0.5, 0.6) is 11.5 Å². The normalized spacial score (nSPS) is 10.1. The molecule has 1 N–H and O–H groups in total. The second kappa shape index (κ2) is 5.01. The Balaban J connectivity index is 2.43. The second-order valence-corrected chi connectivity index (χ2v) is 4.03. The summed E-state index contributed by atoms with van der Waals surface area (Å²) in [5.74, 6) is 2.11. The third kappa shape index (κ3) is 2.47. The van der Waals surface area contributed by atoms with Crippen LogP contribution in [0.2, 0.25) is 0 Å².